The summed E-state index contributed by atoms with van der Waals surface area (Å²) in [6, 6.07) is 2.97. The lowest BCUT2D eigenvalue weighted by atomic mass is 10.1. The van der Waals surface area contributed by atoms with Crippen LogP contribution in [0.15, 0.2) is 18.2 Å². The van der Waals surface area contributed by atoms with E-state index in [1.165, 1.54) is 24.1 Å². The van der Waals surface area contributed by atoms with Crippen molar-refractivity contribution in [1.82, 2.24) is 4.90 Å². The van der Waals surface area contributed by atoms with Gasteiger partial charge in [-0.25, -0.2) is 9.18 Å². The average Bonchev–Trinajstić information content (AvgIpc) is 2.85. The lowest BCUT2D eigenvalue weighted by Gasteiger charge is -2.22. The fourth-order valence-electron chi connectivity index (χ4n) is 2.41. The zero-order valence-corrected chi connectivity index (χ0v) is 11.3. The Morgan fingerprint density at radius 3 is 2.75 bits per heavy atom. The third-order valence-corrected chi connectivity index (χ3v) is 3.57. The predicted molar refractivity (Wildman–Crippen MR) is 69.0 cm³/mol. The van der Waals surface area contributed by atoms with Gasteiger partial charge >= 0.3 is 5.97 Å². The SMILES string of the molecule is COC1CC(C(=O)O)N(C(=O)c2cc(F)ccc2C)C1. The van der Waals surface area contributed by atoms with Gasteiger partial charge in [-0.3, -0.25) is 4.79 Å². The van der Waals surface area contributed by atoms with Crippen LogP contribution in [0.3, 0.4) is 0 Å². The van der Waals surface area contributed by atoms with Gasteiger partial charge in [-0.1, -0.05) is 6.07 Å². The second-order valence-electron chi connectivity index (χ2n) is 4.86. The molecule has 5 nitrogen and oxygen atoms in total. The molecule has 0 spiro atoms. The topological polar surface area (TPSA) is 66.8 Å². The third kappa shape index (κ3) is 2.65. The lowest BCUT2D eigenvalue weighted by molar-refractivity contribution is -0.141. The highest BCUT2D eigenvalue weighted by Crippen LogP contribution is 2.24. The van der Waals surface area contributed by atoms with Crippen LogP contribution in [-0.2, 0) is 9.53 Å². The minimum atomic E-state index is -1.08. The number of hydrogen-bond donors (Lipinski definition) is 1. The van der Waals surface area contributed by atoms with Crippen molar-refractivity contribution in [2.24, 2.45) is 0 Å². The molecule has 1 aliphatic rings. The van der Waals surface area contributed by atoms with Crippen LogP contribution in [0.1, 0.15) is 22.3 Å². The summed E-state index contributed by atoms with van der Waals surface area (Å²) in [5, 5.41) is 9.19. The molecule has 1 heterocycles. The van der Waals surface area contributed by atoms with Crippen LogP contribution in [-0.4, -0.2) is 47.7 Å². The highest BCUT2D eigenvalue weighted by molar-refractivity contribution is 5.98. The molecule has 108 valence electrons. The first-order valence-electron chi connectivity index (χ1n) is 6.26. The maximum Gasteiger partial charge on any atom is 0.326 e. The highest BCUT2D eigenvalue weighted by Gasteiger charge is 2.40. The Morgan fingerprint density at radius 1 is 1.45 bits per heavy atom. The number of methoxy groups -OCH3 is 1. The standard InChI is InChI=1S/C14H16FNO4/c1-8-3-4-9(15)5-11(8)13(17)16-7-10(20-2)6-12(16)14(18)19/h3-5,10,12H,6-7H2,1-2H3,(H,18,19). The molecule has 1 saturated heterocycles. The minimum absolute atomic E-state index is 0.188. The molecule has 6 heteroatoms. The second kappa shape index (κ2) is 5.58. The number of carboxylic acid groups (broad SMARTS) is 1. The molecule has 1 aromatic carbocycles. The summed E-state index contributed by atoms with van der Waals surface area (Å²) in [7, 11) is 1.48. The Kier molecular flexibility index (Phi) is 4.04. The number of hydrogen-bond acceptors (Lipinski definition) is 3. The fourth-order valence-corrected chi connectivity index (χ4v) is 2.41. The number of benzene rings is 1. The molecule has 1 aromatic rings. The number of ether oxygens (including phenoxy) is 1. The Balaban J connectivity index is 2.31. The van der Waals surface area contributed by atoms with Gasteiger partial charge in [0.2, 0.25) is 0 Å². The van der Waals surface area contributed by atoms with Crippen LogP contribution in [0.25, 0.3) is 0 Å². The fraction of sp³-hybridized carbons (Fsp3) is 0.429. The van der Waals surface area contributed by atoms with Gasteiger partial charge in [-0.05, 0) is 24.6 Å². The molecule has 1 amide bonds. The van der Waals surface area contributed by atoms with Crippen molar-refractivity contribution in [2.75, 3.05) is 13.7 Å². The van der Waals surface area contributed by atoms with Crippen LogP contribution >= 0.6 is 0 Å². The van der Waals surface area contributed by atoms with E-state index >= 15 is 0 Å². The van der Waals surface area contributed by atoms with E-state index in [-0.39, 0.29) is 24.6 Å². The van der Waals surface area contributed by atoms with Gasteiger partial charge in [0.1, 0.15) is 11.9 Å². The number of aliphatic carboxylic acids is 1. The quantitative estimate of drug-likeness (QED) is 0.910. The van der Waals surface area contributed by atoms with Gasteiger partial charge in [-0.15, -0.1) is 0 Å². The van der Waals surface area contributed by atoms with E-state index in [0.717, 1.165) is 6.07 Å². The monoisotopic (exact) mass is 281 g/mol. The van der Waals surface area contributed by atoms with Crippen molar-refractivity contribution >= 4 is 11.9 Å². The maximum atomic E-state index is 13.3. The van der Waals surface area contributed by atoms with Crippen molar-refractivity contribution in [1.29, 1.82) is 0 Å². The molecule has 0 aromatic heterocycles. The summed E-state index contributed by atoms with van der Waals surface area (Å²) in [5.41, 5.74) is 0.800. The summed E-state index contributed by atoms with van der Waals surface area (Å²) in [6.07, 6.45) is -0.0692. The molecule has 2 rings (SSSR count). The van der Waals surface area contributed by atoms with Gasteiger partial charge in [0, 0.05) is 25.6 Å². The van der Waals surface area contributed by atoms with Crippen LogP contribution < -0.4 is 0 Å². The van der Waals surface area contributed by atoms with E-state index in [2.05, 4.69) is 0 Å². The first-order valence-corrected chi connectivity index (χ1v) is 6.26. The van der Waals surface area contributed by atoms with Crippen LogP contribution in [0.2, 0.25) is 0 Å². The highest BCUT2D eigenvalue weighted by atomic mass is 19.1. The van der Waals surface area contributed by atoms with E-state index in [4.69, 9.17) is 4.74 Å². The van der Waals surface area contributed by atoms with E-state index in [1.54, 1.807) is 6.92 Å². The van der Waals surface area contributed by atoms with Crippen molar-refractivity contribution in [2.45, 2.75) is 25.5 Å². The van der Waals surface area contributed by atoms with E-state index in [9.17, 15) is 19.1 Å². The van der Waals surface area contributed by atoms with Gasteiger partial charge in [0.05, 0.1) is 6.10 Å². The third-order valence-electron chi connectivity index (χ3n) is 3.57. The molecule has 1 N–H and O–H groups in total. The van der Waals surface area contributed by atoms with Gasteiger partial charge in [-0.2, -0.15) is 0 Å². The summed E-state index contributed by atoms with van der Waals surface area (Å²) in [4.78, 5) is 24.9. The molecule has 0 saturated carbocycles. The predicted octanol–water partition coefficient (Wildman–Crippen LogP) is 1.45. The molecule has 0 radical (unpaired) electrons. The van der Waals surface area contributed by atoms with E-state index < -0.39 is 23.7 Å². The maximum absolute atomic E-state index is 13.3. The van der Waals surface area contributed by atoms with Crippen LogP contribution in [0.4, 0.5) is 4.39 Å². The average molecular weight is 281 g/mol. The summed E-state index contributed by atoms with van der Waals surface area (Å²) in [5.74, 6) is -2.07. The number of carbonyl (C=O) groups is 2. The van der Waals surface area contributed by atoms with Crippen molar-refractivity contribution in [3.8, 4) is 0 Å². The number of amides is 1. The van der Waals surface area contributed by atoms with Gasteiger partial charge in [0.25, 0.3) is 5.91 Å². The molecule has 20 heavy (non-hydrogen) atoms. The van der Waals surface area contributed by atoms with E-state index in [1.807, 2.05) is 0 Å². The second-order valence-corrected chi connectivity index (χ2v) is 4.86. The van der Waals surface area contributed by atoms with Gasteiger partial charge in [0.15, 0.2) is 0 Å². The lowest BCUT2D eigenvalue weighted by Crippen LogP contribution is -2.40. The normalized spacial score (nSPS) is 22.1. The molecular weight excluding hydrogens is 265 g/mol. The first-order chi connectivity index (χ1) is 9.43. The zero-order chi connectivity index (χ0) is 14.9. The number of aryl methyl sites for hydroxylation is 1. The number of halogens is 1. The number of carbonyl (C=O) groups excluding carboxylic acids is 1. The minimum Gasteiger partial charge on any atom is -0.480 e. The molecule has 1 fully saturated rings. The smallest absolute Gasteiger partial charge is 0.326 e. The number of carboxylic acids is 1. The first kappa shape index (κ1) is 14.5. The number of likely N-dealkylation sites (tertiary alicyclic amines) is 1. The largest absolute Gasteiger partial charge is 0.480 e. The van der Waals surface area contributed by atoms with E-state index in [0.29, 0.717) is 5.56 Å². The molecule has 0 bridgehead atoms. The van der Waals surface area contributed by atoms with Crippen molar-refractivity contribution < 1.29 is 23.8 Å². The molecule has 1 aliphatic heterocycles. The molecule has 2 unspecified atom stereocenters. The Morgan fingerprint density at radius 2 is 2.15 bits per heavy atom. The Hall–Kier alpha value is -1.95. The summed E-state index contributed by atoms with van der Waals surface area (Å²) >= 11 is 0. The van der Waals surface area contributed by atoms with Crippen LogP contribution in [0.5, 0.6) is 0 Å². The van der Waals surface area contributed by atoms with Crippen molar-refractivity contribution in [3.63, 3.8) is 0 Å². The summed E-state index contributed by atoms with van der Waals surface area (Å²) in [6.45, 7) is 1.88. The Labute approximate surface area is 116 Å². The number of nitrogens with zero attached hydrogens (tertiary/aromatic N) is 1. The van der Waals surface area contributed by atoms with Crippen molar-refractivity contribution in [3.05, 3.63) is 35.1 Å². The number of rotatable bonds is 3. The Bertz CT molecular complexity index is 546. The van der Waals surface area contributed by atoms with Crippen LogP contribution in [0, 0.1) is 12.7 Å². The molecule has 0 aliphatic carbocycles. The molecular formula is C14H16FNO4. The van der Waals surface area contributed by atoms with Gasteiger partial charge < -0.3 is 14.7 Å². The summed E-state index contributed by atoms with van der Waals surface area (Å²) < 4.78 is 18.4. The zero-order valence-electron chi connectivity index (χ0n) is 11.3. The molecule has 2 atom stereocenters.